The fourth-order valence-electron chi connectivity index (χ4n) is 3.68. The lowest BCUT2D eigenvalue weighted by atomic mass is 9.79. The molecule has 3 aromatic rings. The van der Waals surface area contributed by atoms with Crippen LogP contribution in [0.15, 0.2) is 48.5 Å². The van der Waals surface area contributed by atoms with Crippen molar-refractivity contribution in [1.82, 2.24) is 0 Å². The third-order valence-corrected chi connectivity index (χ3v) is 5.38. The second-order valence-corrected chi connectivity index (χ2v) is 7.27. The number of phenolic OH excluding ortho intramolecular Hbond substituents is 2. The van der Waals surface area contributed by atoms with Crippen LogP contribution in [0, 0.1) is 27.7 Å². The number of hydrogen-bond acceptors (Lipinski definition) is 2. The summed E-state index contributed by atoms with van der Waals surface area (Å²) in [5.74, 6) is 0.532. The molecule has 3 aromatic carbocycles. The Labute approximate surface area is 156 Å². The van der Waals surface area contributed by atoms with Crippen LogP contribution in [0.2, 0.25) is 0 Å². The topological polar surface area (TPSA) is 40.5 Å². The van der Waals surface area contributed by atoms with E-state index >= 15 is 0 Å². The number of benzene rings is 3. The van der Waals surface area contributed by atoms with Crippen LogP contribution in [0.5, 0.6) is 11.5 Å². The molecule has 0 fully saturated rings. The molecule has 0 radical (unpaired) electrons. The molecule has 0 aromatic heterocycles. The van der Waals surface area contributed by atoms with Gasteiger partial charge in [-0.25, -0.2) is 0 Å². The zero-order valence-electron chi connectivity index (χ0n) is 16.1. The molecule has 2 N–H and O–H groups in total. The van der Waals surface area contributed by atoms with Crippen molar-refractivity contribution >= 4 is 13.3 Å². The number of phenols is 2. The van der Waals surface area contributed by atoms with E-state index in [1.807, 2.05) is 44.2 Å². The molecule has 3 heteroatoms. The molecule has 3 rings (SSSR count). The average Bonchev–Trinajstić information content (AvgIpc) is 2.59. The van der Waals surface area contributed by atoms with E-state index in [2.05, 4.69) is 33.8 Å². The van der Waals surface area contributed by atoms with Crippen molar-refractivity contribution in [2.24, 2.45) is 0 Å². The van der Waals surface area contributed by atoms with E-state index in [4.69, 9.17) is 0 Å². The lowest BCUT2D eigenvalue weighted by molar-refractivity contribution is 0.465. The van der Waals surface area contributed by atoms with Gasteiger partial charge in [0.1, 0.15) is 19.3 Å². The summed E-state index contributed by atoms with van der Waals surface area (Å²) >= 11 is 0. The number of aromatic hydroxyl groups is 2. The second-order valence-electron chi connectivity index (χ2n) is 7.27. The minimum Gasteiger partial charge on any atom is -0.508 e. The van der Waals surface area contributed by atoms with Gasteiger partial charge in [-0.1, -0.05) is 59.1 Å². The van der Waals surface area contributed by atoms with Crippen molar-refractivity contribution in [3.8, 4) is 11.5 Å². The van der Waals surface area contributed by atoms with Gasteiger partial charge in [-0.15, -0.1) is 0 Å². The van der Waals surface area contributed by atoms with Gasteiger partial charge in [0.2, 0.25) is 0 Å². The number of aryl methyl sites for hydroxylation is 4. The molecular weight excluding hydrogens is 319 g/mol. The maximum atomic E-state index is 10.5. The van der Waals surface area contributed by atoms with Gasteiger partial charge in [0.05, 0.1) is 0 Å². The summed E-state index contributed by atoms with van der Waals surface area (Å²) < 4.78 is 0. The number of rotatable bonds is 3. The van der Waals surface area contributed by atoms with Crippen molar-refractivity contribution in [1.29, 1.82) is 0 Å². The molecule has 1 atom stereocenters. The SMILES string of the molecule is Bc1c(C)cc(C(c2cc(C)c(O)c(C)c2)c2ccccc2O)cc1C. The van der Waals surface area contributed by atoms with Crippen LogP contribution in [0.3, 0.4) is 0 Å². The largest absolute Gasteiger partial charge is 0.508 e. The molecule has 0 aliphatic carbocycles. The van der Waals surface area contributed by atoms with E-state index < -0.39 is 0 Å². The molecule has 26 heavy (non-hydrogen) atoms. The quantitative estimate of drug-likeness (QED) is 0.561. The van der Waals surface area contributed by atoms with Crippen LogP contribution in [0.25, 0.3) is 0 Å². The fourth-order valence-corrected chi connectivity index (χ4v) is 3.68. The first kappa shape index (κ1) is 18.1. The Balaban J connectivity index is 2.30. The molecule has 0 aliphatic heterocycles. The van der Waals surface area contributed by atoms with Gasteiger partial charge >= 0.3 is 0 Å². The molecule has 0 spiro atoms. The van der Waals surface area contributed by atoms with E-state index in [1.165, 1.54) is 16.6 Å². The Morgan fingerprint density at radius 2 is 1.19 bits per heavy atom. The highest BCUT2D eigenvalue weighted by Gasteiger charge is 2.22. The zero-order chi connectivity index (χ0) is 19.0. The normalized spacial score (nSPS) is 12.2. The minimum absolute atomic E-state index is 0.0906. The van der Waals surface area contributed by atoms with Gasteiger partial charge in [0, 0.05) is 11.5 Å². The summed E-state index contributed by atoms with van der Waals surface area (Å²) in [5, 5.41) is 20.7. The highest BCUT2D eigenvalue weighted by molar-refractivity contribution is 6.34. The molecule has 132 valence electrons. The maximum Gasteiger partial charge on any atom is 0.139 e. The van der Waals surface area contributed by atoms with Crippen LogP contribution < -0.4 is 5.46 Å². The van der Waals surface area contributed by atoms with Crippen molar-refractivity contribution < 1.29 is 10.2 Å². The molecule has 0 saturated heterocycles. The Bertz CT molecular complexity index is 872. The van der Waals surface area contributed by atoms with E-state index in [-0.39, 0.29) is 11.7 Å². The van der Waals surface area contributed by atoms with Crippen molar-refractivity contribution in [3.05, 3.63) is 87.5 Å². The van der Waals surface area contributed by atoms with Crippen LogP contribution in [0.4, 0.5) is 0 Å². The molecule has 1 unspecified atom stereocenters. The highest BCUT2D eigenvalue weighted by Crippen LogP contribution is 2.39. The lowest BCUT2D eigenvalue weighted by Crippen LogP contribution is -2.14. The van der Waals surface area contributed by atoms with Crippen LogP contribution in [0.1, 0.15) is 44.9 Å². The first-order valence-corrected chi connectivity index (χ1v) is 8.95. The zero-order valence-corrected chi connectivity index (χ0v) is 16.1. The van der Waals surface area contributed by atoms with Crippen molar-refractivity contribution in [2.75, 3.05) is 0 Å². The minimum atomic E-state index is -0.0906. The maximum absolute atomic E-state index is 10.5. The van der Waals surface area contributed by atoms with Crippen LogP contribution in [-0.4, -0.2) is 18.1 Å². The van der Waals surface area contributed by atoms with Crippen molar-refractivity contribution in [3.63, 3.8) is 0 Å². The smallest absolute Gasteiger partial charge is 0.139 e. The second kappa shape index (κ2) is 6.91. The molecule has 0 aliphatic rings. The molecule has 2 nitrogen and oxygen atoms in total. The average molecular weight is 344 g/mol. The van der Waals surface area contributed by atoms with Gasteiger partial charge in [-0.3, -0.25) is 0 Å². The van der Waals surface area contributed by atoms with Gasteiger partial charge in [-0.05, 0) is 56.0 Å². The summed E-state index contributed by atoms with van der Waals surface area (Å²) in [6, 6.07) is 15.9. The van der Waals surface area contributed by atoms with Crippen LogP contribution >= 0.6 is 0 Å². The number of para-hydroxylation sites is 1. The fraction of sp³-hybridized carbons (Fsp3) is 0.217. The monoisotopic (exact) mass is 344 g/mol. The predicted octanol–water partition coefficient (Wildman–Crippen LogP) is 3.77. The summed E-state index contributed by atoms with van der Waals surface area (Å²) in [4.78, 5) is 0. The lowest BCUT2D eigenvalue weighted by Gasteiger charge is -2.23. The molecule has 0 bridgehead atoms. The Morgan fingerprint density at radius 1 is 0.731 bits per heavy atom. The van der Waals surface area contributed by atoms with E-state index in [0.717, 1.165) is 27.8 Å². The molecule has 0 amide bonds. The molecule has 0 saturated carbocycles. The van der Waals surface area contributed by atoms with Gasteiger partial charge in [0.25, 0.3) is 0 Å². The van der Waals surface area contributed by atoms with Gasteiger partial charge in [-0.2, -0.15) is 0 Å². The number of hydrogen-bond donors (Lipinski definition) is 2. The van der Waals surface area contributed by atoms with Gasteiger partial charge in [0.15, 0.2) is 0 Å². The summed E-state index contributed by atoms with van der Waals surface area (Å²) in [5.41, 5.74) is 8.57. The predicted molar refractivity (Wildman–Crippen MR) is 111 cm³/mol. The van der Waals surface area contributed by atoms with E-state index in [9.17, 15) is 10.2 Å². The first-order chi connectivity index (χ1) is 12.3. The summed E-state index contributed by atoms with van der Waals surface area (Å²) in [6.45, 7) is 8.08. The third-order valence-electron chi connectivity index (χ3n) is 5.38. The summed E-state index contributed by atoms with van der Waals surface area (Å²) in [7, 11) is 2.14. The van der Waals surface area contributed by atoms with Crippen LogP contribution in [-0.2, 0) is 0 Å². The highest BCUT2D eigenvalue weighted by atomic mass is 16.3. The van der Waals surface area contributed by atoms with E-state index in [0.29, 0.717) is 5.75 Å². The summed E-state index contributed by atoms with van der Waals surface area (Å²) in [6.07, 6.45) is 0. The molecule has 0 heterocycles. The van der Waals surface area contributed by atoms with Gasteiger partial charge < -0.3 is 10.2 Å². The third kappa shape index (κ3) is 3.22. The molecular formula is C23H25BO2. The van der Waals surface area contributed by atoms with E-state index in [1.54, 1.807) is 6.07 Å². The standard InChI is InChI=1S/C23H25BO2/c1-13-9-17(10-14(2)22(13)24)21(19-7-5-6-8-20(19)25)18-11-15(3)23(26)16(4)12-18/h5-12,21,25-26H,24H2,1-4H3. The Morgan fingerprint density at radius 3 is 1.69 bits per heavy atom. The first-order valence-electron chi connectivity index (χ1n) is 8.95. The van der Waals surface area contributed by atoms with Crippen molar-refractivity contribution in [2.45, 2.75) is 33.6 Å². The Kier molecular flexibility index (Phi) is 4.82. The Hall–Kier alpha value is -2.68.